The highest BCUT2D eigenvalue weighted by Crippen LogP contribution is 2.14. The third-order valence-electron chi connectivity index (χ3n) is 1.22. The van der Waals surface area contributed by atoms with Gasteiger partial charge in [-0.3, -0.25) is 0 Å². The molecule has 1 nitrogen and oxygen atoms in total. The van der Waals surface area contributed by atoms with E-state index in [0.29, 0.717) is 0 Å². The molecule has 0 spiro atoms. The lowest BCUT2D eigenvalue weighted by molar-refractivity contribution is -0.539. The van der Waals surface area contributed by atoms with Gasteiger partial charge in [-0.2, -0.15) is 0 Å². The molecule has 0 heterocycles. The topological polar surface area (TPSA) is 16.6 Å². The number of rotatable bonds is 1. The quantitative estimate of drug-likeness (QED) is 0.567. The normalized spacial score (nSPS) is 9.56. The molecule has 0 aliphatic heterocycles. The average Bonchev–Trinajstić information content (AvgIpc) is 1.89. The molecule has 0 saturated heterocycles. The molecule has 0 aliphatic rings. The first-order chi connectivity index (χ1) is 4.34. The fourth-order valence-corrected chi connectivity index (χ4v) is 0.954. The van der Waals surface area contributed by atoms with Gasteiger partial charge in [0.05, 0.1) is 7.05 Å². The Labute approximate surface area is 59.6 Å². The number of quaternary nitrogens is 1. The minimum Gasteiger partial charge on any atom is -0.315 e. The lowest BCUT2D eigenvalue weighted by Crippen LogP contribution is -2.72. The van der Waals surface area contributed by atoms with Gasteiger partial charge in [-0.15, -0.1) is 0 Å². The number of halogens is 1. The van der Waals surface area contributed by atoms with Crippen molar-refractivity contribution < 1.29 is 5.32 Å². The zero-order valence-electron chi connectivity index (χ0n) is 5.26. The highest BCUT2D eigenvalue weighted by Gasteiger charge is 1.96. The van der Waals surface area contributed by atoms with Gasteiger partial charge < -0.3 is 5.32 Å². The zero-order chi connectivity index (χ0) is 6.69. The highest BCUT2D eigenvalue weighted by atomic mass is 35.5. The van der Waals surface area contributed by atoms with Crippen LogP contribution in [0.25, 0.3) is 0 Å². The van der Waals surface area contributed by atoms with Crippen LogP contribution in [0.5, 0.6) is 0 Å². The minimum absolute atomic E-state index is 0.819. The van der Waals surface area contributed by atoms with E-state index in [1.54, 1.807) is 0 Å². The predicted molar refractivity (Wildman–Crippen MR) is 39.0 cm³/mol. The third-order valence-corrected chi connectivity index (χ3v) is 1.56. The van der Waals surface area contributed by atoms with Gasteiger partial charge in [-0.1, -0.05) is 23.7 Å². The Morgan fingerprint density at radius 3 is 2.44 bits per heavy atom. The summed E-state index contributed by atoms with van der Waals surface area (Å²) in [6.07, 6.45) is 0. The molecule has 0 unspecified atom stereocenters. The Bertz CT molecular complexity index is 198. The van der Waals surface area contributed by atoms with E-state index in [1.165, 1.54) is 0 Å². The first kappa shape index (κ1) is 6.59. The van der Waals surface area contributed by atoms with E-state index in [1.807, 2.05) is 36.6 Å². The van der Waals surface area contributed by atoms with Gasteiger partial charge in [0.2, 0.25) is 0 Å². The molecule has 1 aromatic carbocycles. The monoisotopic (exact) mass is 142 g/mol. The van der Waals surface area contributed by atoms with Crippen molar-refractivity contribution in [3.63, 3.8) is 0 Å². The summed E-state index contributed by atoms with van der Waals surface area (Å²) < 4.78 is 0. The summed E-state index contributed by atoms with van der Waals surface area (Å²) in [6.45, 7) is 0. The van der Waals surface area contributed by atoms with Crippen LogP contribution in [-0.2, 0) is 0 Å². The van der Waals surface area contributed by atoms with E-state index < -0.39 is 0 Å². The Morgan fingerprint density at radius 1 is 1.33 bits per heavy atom. The second-order valence-electron chi connectivity index (χ2n) is 1.81. The summed E-state index contributed by atoms with van der Waals surface area (Å²) in [7, 11) is 1.97. The van der Waals surface area contributed by atoms with Gasteiger partial charge in [-0.25, -0.2) is 0 Å². The summed E-state index contributed by atoms with van der Waals surface area (Å²) in [4.78, 5) is 0. The molecule has 0 fully saturated rings. The lowest BCUT2D eigenvalue weighted by atomic mass is 10.3. The van der Waals surface area contributed by atoms with Crippen LogP contribution >= 0.6 is 11.6 Å². The Balaban J connectivity index is 3.01. The maximum atomic E-state index is 5.79. The second kappa shape index (κ2) is 2.85. The van der Waals surface area contributed by atoms with E-state index in [0.717, 1.165) is 10.7 Å². The number of para-hydroxylation sites is 1. The molecule has 0 aromatic heterocycles. The number of hydrogen-bond acceptors (Lipinski definition) is 0. The highest BCUT2D eigenvalue weighted by molar-refractivity contribution is 6.32. The lowest BCUT2D eigenvalue weighted by Gasteiger charge is -1.93. The van der Waals surface area contributed by atoms with Crippen molar-refractivity contribution in [3.8, 4) is 0 Å². The molecule has 1 aromatic rings. The van der Waals surface area contributed by atoms with Gasteiger partial charge in [0.1, 0.15) is 10.7 Å². The summed E-state index contributed by atoms with van der Waals surface area (Å²) in [5, 5.41) is 2.81. The maximum absolute atomic E-state index is 5.79. The fourth-order valence-electron chi connectivity index (χ4n) is 0.709. The van der Waals surface area contributed by atoms with Gasteiger partial charge in [0.25, 0.3) is 0 Å². The van der Waals surface area contributed by atoms with Crippen molar-refractivity contribution in [3.05, 3.63) is 29.3 Å². The SMILES string of the molecule is C[NH2+]c1ccccc1Cl. The van der Waals surface area contributed by atoms with Gasteiger partial charge in [-0.05, 0) is 6.07 Å². The van der Waals surface area contributed by atoms with Crippen LogP contribution in [0.2, 0.25) is 5.02 Å². The summed E-state index contributed by atoms with van der Waals surface area (Å²) >= 11 is 5.79. The zero-order valence-corrected chi connectivity index (χ0v) is 6.02. The van der Waals surface area contributed by atoms with Gasteiger partial charge in [0.15, 0.2) is 0 Å². The molecule has 9 heavy (non-hydrogen) atoms. The second-order valence-corrected chi connectivity index (χ2v) is 2.22. The van der Waals surface area contributed by atoms with Crippen LogP contribution < -0.4 is 5.32 Å². The van der Waals surface area contributed by atoms with Crippen LogP contribution in [0.4, 0.5) is 5.69 Å². The van der Waals surface area contributed by atoms with Crippen LogP contribution in [-0.4, -0.2) is 7.05 Å². The summed E-state index contributed by atoms with van der Waals surface area (Å²) in [6, 6.07) is 7.77. The Morgan fingerprint density at radius 2 is 2.00 bits per heavy atom. The van der Waals surface area contributed by atoms with E-state index in [4.69, 9.17) is 11.6 Å². The van der Waals surface area contributed by atoms with Crippen molar-refractivity contribution in [2.75, 3.05) is 7.05 Å². The average molecular weight is 143 g/mol. The molecule has 0 saturated carbocycles. The first-order valence-electron chi connectivity index (χ1n) is 2.88. The van der Waals surface area contributed by atoms with E-state index in [-0.39, 0.29) is 0 Å². The summed E-state index contributed by atoms with van der Waals surface area (Å²) in [5.41, 5.74) is 1.10. The molecule has 48 valence electrons. The van der Waals surface area contributed by atoms with E-state index in [9.17, 15) is 0 Å². The van der Waals surface area contributed by atoms with E-state index in [2.05, 4.69) is 0 Å². The van der Waals surface area contributed by atoms with Crippen LogP contribution in [0.15, 0.2) is 24.3 Å². The van der Waals surface area contributed by atoms with Crippen molar-refractivity contribution in [2.24, 2.45) is 0 Å². The molecule has 2 heteroatoms. The third kappa shape index (κ3) is 1.44. The van der Waals surface area contributed by atoms with Gasteiger partial charge >= 0.3 is 0 Å². The van der Waals surface area contributed by atoms with Crippen molar-refractivity contribution >= 4 is 17.3 Å². The number of hydrogen-bond donors (Lipinski definition) is 1. The summed E-state index contributed by atoms with van der Waals surface area (Å²) in [5.74, 6) is 0. The van der Waals surface area contributed by atoms with Gasteiger partial charge in [0, 0.05) is 6.07 Å². The smallest absolute Gasteiger partial charge is 0.148 e. The molecule has 1 rings (SSSR count). The standard InChI is InChI=1S/C7H8ClN/c1-9-7-5-3-2-4-6(7)8/h2-5,9H,1H3/p+1. The molecule has 2 N–H and O–H groups in total. The minimum atomic E-state index is 0.819. The largest absolute Gasteiger partial charge is 0.315 e. The molecule has 0 bridgehead atoms. The van der Waals surface area contributed by atoms with Crippen molar-refractivity contribution in [2.45, 2.75) is 0 Å². The predicted octanol–water partition coefficient (Wildman–Crippen LogP) is 1.16. The van der Waals surface area contributed by atoms with Crippen molar-refractivity contribution in [1.82, 2.24) is 0 Å². The van der Waals surface area contributed by atoms with Crippen molar-refractivity contribution in [1.29, 1.82) is 0 Å². The number of nitrogens with two attached hydrogens (primary N) is 1. The van der Waals surface area contributed by atoms with Crippen LogP contribution in [0, 0.1) is 0 Å². The molecular formula is C7H9ClN+. The molecular weight excluding hydrogens is 134 g/mol. The maximum Gasteiger partial charge on any atom is 0.148 e. The number of benzene rings is 1. The van der Waals surface area contributed by atoms with Crippen LogP contribution in [0.1, 0.15) is 0 Å². The fraction of sp³-hybridized carbons (Fsp3) is 0.143. The first-order valence-corrected chi connectivity index (χ1v) is 3.26. The molecule has 0 aliphatic carbocycles. The molecule has 0 atom stereocenters. The van der Waals surface area contributed by atoms with Crippen LogP contribution in [0.3, 0.4) is 0 Å². The van der Waals surface area contributed by atoms with E-state index >= 15 is 0 Å². The Kier molecular flexibility index (Phi) is 2.09. The molecule has 0 radical (unpaired) electrons. The molecule has 0 amide bonds. The Hall–Kier alpha value is -0.530.